The second kappa shape index (κ2) is 21.0. The van der Waals surface area contributed by atoms with Crippen molar-refractivity contribution in [3.05, 3.63) is 36.5 Å². The molecule has 4 N–H and O–H groups in total. The Labute approximate surface area is 331 Å². The van der Waals surface area contributed by atoms with Gasteiger partial charge in [-0.25, -0.2) is 4.79 Å². The van der Waals surface area contributed by atoms with Crippen LogP contribution < -0.4 is 0 Å². The van der Waals surface area contributed by atoms with Crippen molar-refractivity contribution in [1.29, 1.82) is 0 Å². The van der Waals surface area contributed by atoms with Gasteiger partial charge >= 0.3 is 5.97 Å². The van der Waals surface area contributed by atoms with E-state index in [1.54, 1.807) is 47.6 Å². The molecule has 0 saturated carbocycles. The summed E-state index contributed by atoms with van der Waals surface area (Å²) < 4.78 is 20.0. The van der Waals surface area contributed by atoms with E-state index < -0.39 is 77.6 Å². The Balaban J connectivity index is 1.97. The number of esters is 1. The predicted molar refractivity (Wildman–Crippen MR) is 213 cm³/mol. The Morgan fingerprint density at radius 3 is 1.96 bits per heavy atom. The zero-order valence-corrected chi connectivity index (χ0v) is 35.5. The average Bonchev–Trinajstić information content (AvgIpc) is 3.16. The molecule has 0 aliphatic carbocycles. The third-order valence-electron chi connectivity index (χ3n) is 13.4. The molecule has 0 aromatic rings. The molecule has 1 spiro atoms. The van der Waals surface area contributed by atoms with Crippen LogP contribution in [0.2, 0.25) is 0 Å². The summed E-state index contributed by atoms with van der Waals surface area (Å²) in [6, 6.07) is 0. The highest BCUT2D eigenvalue weighted by molar-refractivity contribution is 5.87. The monoisotopic (exact) mass is 775 g/mol. The Bertz CT molecular complexity index is 1340. The first-order valence-electron chi connectivity index (χ1n) is 21.1. The van der Waals surface area contributed by atoms with Gasteiger partial charge in [0.1, 0.15) is 17.7 Å². The van der Waals surface area contributed by atoms with Gasteiger partial charge in [0.15, 0.2) is 5.79 Å². The minimum atomic E-state index is -1.30. The summed E-state index contributed by atoms with van der Waals surface area (Å²) in [5, 5.41) is 43.8. The van der Waals surface area contributed by atoms with Crippen molar-refractivity contribution in [3.63, 3.8) is 0 Å². The van der Waals surface area contributed by atoms with Crippen LogP contribution in [0.15, 0.2) is 36.5 Å². The highest BCUT2D eigenvalue weighted by Gasteiger charge is 2.56. The van der Waals surface area contributed by atoms with Gasteiger partial charge in [-0.1, -0.05) is 99.6 Å². The number of carbonyl (C=O) groups excluding carboxylic acids is 3. The molecular weight excluding hydrogens is 700 g/mol. The molecule has 2 bridgehead atoms. The highest BCUT2D eigenvalue weighted by Crippen LogP contribution is 2.49. The summed E-state index contributed by atoms with van der Waals surface area (Å²) in [5.74, 6) is -6.53. The number of hydrogen-bond acceptors (Lipinski definition) is 10. The summed E-state index contributed by atoms with van der Waals surface area (Å²) in [7, 11) is 0. The lowest BCUT2D eigenvalue weighted by Crippen LogP contribution is -2.62. The summed E-state index contributed by atoms with van der Waals surface area (Å²) >= 11 is 0. The van der Waals surface area contributed by atoms with E-state index in [4.69, 9.17) is 14.2 Å². The second-order valence-corrected chi connectivity index (χ2v) is 17.7. The number of fused-ring (bicyclic) bond motifs is 2. The first kappa shape index (κ1) is 47.2. The smallest absolute Gasteiger partial charge is 0.330 e. The number of aliphatic hydroxyl groups excluding tert-OH is 4. The first-order valence-corrected chi connectivity index (χ1v) is 21.1. The summed E-state index contributed by atoms with van der Waals surface area (Å²) in [6.07, 6.45) is 11.1. The zero-order valence-electron chi connectivity index (χ0n) is 35.5. The molecule has 0 radical (unpaired) electrons. The highest BCUT2D eigenvalue weighted by atomic mass is 16.7. The van der Waals surface area contributed by atoms with Gasteiger partial charge in [0, 0.05) is 53.9 Å². The number of Topliss-reactive ketones (excluding diaryl/α,β-unsaturated/α-hetero) is 2. The molecule has 18 atom stereocenters. The van der Waals surface area contributed by atoms with Crippen molar-refractivity contribution in [2.45, 2.75) is 170 Å². The van der Waals surface area contributed by atoms with E-state index in [0.29, 0.717) is 19.3 Å². The van der Waals surface area contributed by atoms with Crippen LogP contribution in [-0.2, 0) is 28.6 Å². The van der Waals surface area contributed by atoms with E-state index in [0.717, 1.165) is 25.7 Å². The lowest BCUT2D eigenvalue weighted by Gasteiger charge is -2.55. The largest absolute Gasteiger partial charge is 0.458 e. The van der Waals surface area contributed by atoms with E-state index >= 15 is 0 Å². The molecule has 3 aliphatic rings. The molecule has 0 amide bonds. The van der Waals surface area contributed by atoms with Gasteiger partial charge in [-0.15, -0.1) is 0 Å². The van der Waals surface area contributed by atoms with Crippen molar-refractivity contribution >= 4 is 17.5 Å². The topological polar surface area (TPSA) is 160 Å². The molecule has 3 unspecified atom stereocenters. The van der Waals surface area contributed by atoms with Crippen LogP contribution in [0.25, 0.3) is 0 Å². The maximum atomic E-state index is 13.5. The third-order valence-corrected chi connectivity index (χ3v) is 13.4. The zero-order chi connectivity index (χ0) is 41.4. The number of ketones is 2. The molecule has 0 aromatic heterocycles. The third kappa shape index (κ3) is 11.9. The minimum absolute atomic E-state index is 0.144. The van der Waals surface area contributed by atoms with Gasteiger partial charge in [0.25, 0.3) is 0 Å². The van der Waals surface area contributed by atoms with Gasteiger partial charge in [-0.3, -0.25) is 9.59 Å². The second-order valence-electron chi connectivity index (χ2n) is 17.7. The number of rotatable bonds is 3. The number of ether oxygens (including phenoxy) is 3. The van der Waals surface area contributed by atoms with Crippen LogP contribution in [0.5, 0.6) is 0 Å². The summed E-state index contributed by atoms with van der Waals surface area (Å²) in [6.45, 7) is 20.1. The molecule has 314 valence electrons. The number of hydrogen-bond donors (Lipinski definition) is 4. The lowest BCUT2D eigenvalue weighted by molar-refractivity contribution is -0.371. The van der Waals surface area contributed by atoms with Crippen LogP contribution in [0.3, 0.4) is 0 Å². The van der Waals surface area contributed by atoms with E-state index in [9.17, 15) is 34.8 Å². The van der Waals surface area contributed by atoms with Gasteiger partial charge in [0.2, 0.25) is 0 Å². The molecular formula is C45H74O10. The molecule has 2 saturated heterocycles. The molecule has 3 rings (SSSR count). The van der Waals surface area contributed by atoms with Crippen LogP contribution in [0, 0.1) is 59.2 Å². The van der Waals surface area contributed by atoms with Crippen LogP contribution in [-0.4, -0.2) is 86.5 Å². The standard InChI is InChI=1S/C45H74O10/c1-12-35-17-15-13-14-16-26(3)39(48)30(7)41(50)32(9)43(52)33(10)42(51)31(8)40(49)27(4)18-21-38(47)53-44-29(6)36(20-19-35)54-45(34(44)11)23-22-25(2)37(55-45)24-28(5)46/h13-15,17-18,21,25-37,39-40,43-44,46,48-49,52H,12,16,19-20,22-24H2,1-11H3/b14-13+,17-15-,21-18+/t25-,26+,27-,28+,29+,30-,31-,32+,33-,34+,35-,36?,37-,39-,40+,43-,44?,45?/m0/s1. The fraction of sp³-hybridized carbons (Fsp3) is 0.800. The fourth-order valence-corrected chi connectivity index (χ4v) is 8.95. The van der Waals surface area contributed by atoms with Crippen molar-refractivity contribution < 1.29 is 49.0 Å². The average molecular weight is 775 g/mol. The van der Waals surface area contributed by atoms with Crippen molar-refractivity contribution in [2.75, 3.05) is 0 Å². The van der Waals surface area contributed by atoms with Crippen molar-refractivity contribution in [1.82, 2.24) is 0 Å². The first-order chi connectivity index (χ1) is 25.8. The molecule has 0 aromatic carbocycles. The van der Waals surface area contributed by atoms with E-state index in [2.05, 4.69) is 26.8 Å². The normalized spacial score (nSPS) is 46.1. The van der Waals surface area contributed by atoms with Gasteiger partial charge in [-0.05, 0) is 63.2 Å². The Morgan fingerprint density at radius 1 is 0.764 bits per heavy atom. The Morgan fingerprint density at radius 2 is 1.36 bits per heavy atom. The molecule has 10 nitrogen and oxygen atoms in total. The predicted octanol–water partition coefficient (Wildman–Crippen LogP) is 6.77. The van der Waals surface area contributed by atoms with E-state index in [1.165, 1.54) is 6.08 Å². The van der Waals surface area contributed by atoms with Crippen molar-refractivity contribution in [2.24, 2.45) is 59.2 Å². The molecule has 3 aliphatic heterocycles. The van der Waals surface area contributed by atoms with E-state index in [1.807, 2.05) is 32.1 Å². The maximum absolute atomic E-state index is 13.5. The van der Waals surface area contributed by atoms with Crippen LogP contribution >= 0.6 is 0 Å². The van der Waals surface area contributed by atoms with Gasteiger partial charge in [-0.2, -0.15) is 0 Å². The number of aliphatic hydroxyl groups is 4. The fourth-order valence-electron chi connectivity index (χ4n) is 8.95. The number of allylic oxidation sites excluding steroid dienone is 4. The summed E-state index contributed by atoms with van der Waals surface area (Å²) in [4.78, 5) is 40.4. The maximum Gasteiger partial charge on any atom is 0.330 e. The molecule has 10 heteroatoms. The van der Waals surface area contributed by atoms with Crippen molar-refractivity contribution in [3.8, 4) is 0 Å². The van der Waals surface area contributed by atoms with Gasteiger partial charge < -0.3 is 34.6 Å². The van der Waals surface area contributed by atoms with Crippen LogP contribution in [0.1, 0.15) is 121 Å². The number of carbonyl (C=O) groups is 3. The quantitative estimate of drug-likeness (QED) is 0.226. The van der Waals surface area contributed by atoms with Crippen LogP contribution in [0.4, 0.5) is 0 Å². The SMILES string of the molecule is CC[C@H]1/C=C\C=C\C[C@@H](C)[C@H](O)[C@H](C)C(=O)[C@@H](C)[C@H](O)[C@@H](C)C(=O)[C@@H](C)[C@H](O)[C@@H](C)/C=C/C(=O)OC2[C@H](C)C(CC1)OC1(CC[C@H](C)[C@H](C[C@@H](C)O)O1)[C@@H]2C. The lowest BCUT2D eigenvalue weighted by atomic mass is 9.74. The molecule has 55 heavy (non-hydrogen) atoms. The molecule has 3 heterocycles. The Kier molecular flexibility index (Phi) is 18.0. The Hall–Kier alpha value is -2.21. The molecule has 2 fully saturated rings. The summed E-state index contributed by atoms with van der Waals surface area (Å²) in [5.41, 5.74) is 0. The van der Waals surface area contributed by atoms with Gasteiger partial charge in [0.05, 0.1) is 36.6 Å². The minimum Gasteiger partial charge on any atom is -0.458 e. The van der Waals surface area contributed by atoms with E-state index in [-0.39, 0.29) is 47.6 Å².